The number of nitrogens with two attached hydrogens (primary N) is 3. The Labute approximate surface area is 340 Å². The second-order valence-electron chi connectivity index (χ2n) is 14.5. The number of aliphatic carboxylic acids is 1. The first-order valence-corrected chi connectivity index (χ1v) is 19.4. The fourth-order valence-electron chi connectivity index (χ4n) is 6.97. The number of nitrogens with one attached hydrogen (secondary N) is 6. The van der Waals surface area contributed by atoms with Gasteiger partial charge in [0.2, 0.25) is 29.5 Å². The molecule has 0 saturated carbocycles. The highest BCUT2D eigenvalue weighted by Crippen LogP contribution is 2.22. The molecule has 1 aliphatic heterocycles. The predicted octanol–water partition coefficient (Wildman–Crippen LogP) is -0.665. The topological polar surface area (TPSA) is 309 Å². The number of para-hydroxylation sites is 1. The van der Waals surface area contributed by atoms with Crippen molar-refractivity contribution >= 4 is 52.4 Å². The van der Waals surface area contributed by atoms with Gasteiger partial charge in [-0.2, -0.15) is 0 Å². The lowest BCUT2D eigenvalue weighted by molar-refractivity contribution is -0.142. The molecule has 6 atom stereocenters. The van der Waals surface area contributed by atoms with Crippen molar-refractivity contribution in [3.05, 3.63) is 90.1 Å². The lowest BCUT2D eigenvalue weighted by Gasteiger charge is -2.30. The van der Waals surface area contributed by atoms with E-state index < -0.39 is 71.8 Å². The van der Waals surface area contributed by atoms with E-state index in [0.29, 0.717) is 24.1 Å². The molecule has 1 fully saturated rings. The van der Waals surface area contributed by atoms with Crippen LogP contribution in [-0.4, -0.2) is 116 Å². The second-order valence-corrected chi connectivity index (χ2v) is 14.5. The number of carbonyl (C=O) groups is 6. The van der Waals surface area contributed by atoms with Crippen LogP contribution in [0, 0.1) is 0 Å². The number of hydrogen-bond acceptors (Lipinski definition) is 9. The number of fused-ring (bicyclic) bond motifs is 1. The van der Waals surface area contributed by atoms with Crippen LogP contribution in [0.3, 0.4) is 0 Å². The lowest BCUT2D eigenvalue weighted by atomic mass is 10.0. The van der Waals surface area contributed by atoms with Crippen LogP contribution in [0.25, 0.3) is 10.9 Å². The van der Waals surface area contributed by atoms with Crippen LogP contribution in [0.1, 0.15) is 49.4 Å². The summed E-state index contributed by atoms with van der Waals surface area (Å²) in [6.45, 7) is 1.71. The number of nitrogens with zero attached hydrogens (tertiary/aromatic N) is 3. The molecular formula is C40H52N12O7. The van der Waals surface area contributed by atoms with Crippen LogP contribution in [0.15, 0.2) is 78.3 Å². The zero-order chi connectivity index (χ0) is 42.5. The van der Waals surface area contributed by atoms with Crippen LogP contribution in [0.2, 0.25) is 0 Å². The molecule has 5 rings (SSSR count). The maximum absolute atomic E-state index is 14.2. The number of carboxylic acids is 1. The summed E-state index contributed by atoms with van der Waals surface area (Å²) in [6.07, 6.45) is 6.00. The molecule has 6 unspecified atom stereocenters. The molecule has 0 radical (unpaired) electrons. The van der Waals surface area contributed by atoms with Crippen molar-refractivity contribution in [2.24, 2.45) is 22.2 Å². The Balaban J connectivity index is 1.34. The van der Waals surface area contributed by atoms with E-state index in [1.807, 2.05) is 54.6 Å². The van der Waals surface area contributed by atoms with Crippen LogP contribution in [0.4, 0.5) is 0 Å². The van der Waals surface area contributed by atoms with Crippen molar-refractivity contribution in [3.63, 3.8) is 0 Å². The quantitative estimate of drug-likeness (QED) is 0.0303. The molecule has 314 valence electrons. The van der Waals surface area contributed by atoms with Gasteiger partial charge in [-0.3, -0.25) is 33.8 Å². The van der Waals surface area contributed by atoms with Crippen molar-refractivity contribution in [1.29, 1.82) is 0 Å². The molecule has 1 saturated heterocycles. The van der Waals surface area contributed by atoms with Gasteiger partial charge in [0.15, 0.2) is 5.96 Å². The minimum absolute atomic E-state index is 0.00511. The van der Waals surface area contributed by atoms with E-state index >= 15 is 0 Å². The smallest absolute Gasteiger partial charge is 0.325 e. The van der Waals surface area contributed by atoms with Crippen molar-refractivity contribution in [2.75, 3.05) is 13.1 Å². The van der Waals surface area contributed by atoms with Gasteiger partial charge in [-0.15, -0.1) is 0 Å². The zero-order valence-electron chi connectivity index (χ0n) is 32.7. The van der Waals surface area contributed by atoms with E-state index in [1.54, 1.807) is 6.20 Å². The van der Waals surface area contributed by atoms with Crippen LogP contribution in [0.5, 0.6) is 0 Å². The number of likely N-dealkylation sites (tertiary alicyclic amines) is 1. The molecular weight excluding hydrogens is 761 g/mol. The monoisotopic (exact) mass is 812 g/mol. The number of amides is 5. The first kappa shape index (κ1) is 43.4. The molecule has 13 N–H and O–H groups in total. The first-order valence-electron chi connectivity index (χ1n) is 19.4. The van der Waals surface area contributed by atoms with E-state index in [1.165, 1.54) is 24.3 Å². The summed E-state index contributed by atoms with van der Waals surface area (Å²) in [4.78, 5) is 96.4. The van der Waals surface area contributed by atoms with Crippen LogP contribution >= 0.6 is 0 Å². The summed E-state index contributed by atoms with van der Waals surface area (Å²) in [5.41, 5.74) is 20.1. The molecule has 0 bridgehead atoms. The number of hydrogen-bond donors (Lipinski definition) is 10. The molecule has 5 amide bonds. The Morgan fingerprint density at radius 1 is 0.881 bits per heavy atom. The van der Waals surface area contributed by atoms with Gasteiger partial charge in [-0.05, 0) is 56.2 Å². The third-order valence-electron chi connectivity index (χ3n) is 10.1. The highest BCUT2D eigenvalue weighted by molar-refractivity contribution is 5.97. The second kappa shape index (κ2) is 20.6. The summed E-state index contributed by atoms with van der Waals surface area (Å²) in [5, 5.41) is 21.0. The van der Waals surface area contributed by atoms with E-state index in [2.05, 4.69) is 41.2 Å². The fourth-order valence-corrected chi connectivity index (χ4v) is 6.97. The van der Waals surface area contributed by atoms with E-state index in [-0.39, 0.29) is 51.2 Å². The Kier molecular flexibility index (Phi) is 15.1. The standard InChI is InChI=1S/C40H52N12O7/c1-23(39(58)59)48-35(54)31(18-25-20-46-29-12-6-5-11-27(25)29)50-36(55)32(19-26-21-44-22-47-26)51-37(56)33-14-8-16-52(33)38(57)30(13-7-15-45-40(42)43)49-34(53)28(41)17-24-9-3-2-4-10-24/h2-6,9-12,20-23,28,30-33,46H,7-8,13-19,41H2,1H3,(H,44,47)(H,48,54)(H,49,53)(H,50,55)(H,51,56)(H,58,59)(H4,42,43,45). The Morgan fingerprint density at radius 3 is 2.29 bits per heavy atom. The number of aromatic amines is 2. The van der Waals surface area contributed by atoms with Crippen molar-refractivity contribution in [3.8, 4) is 0 Å². The average molecular weight is 813 g/mol. The lowest BCUT2D eigenvalue weighted by Crippen LogP contribution is -2.59. The third kappa shape index (κ3) is 12.1. The van der Waals surface area contributed by atoms with E-state index in [4.69, 9.17) is 17.2 Å². The molecule has 1 aliphatic rings. The first-order chi connectivity index (χ1) is 28.3. The van der Waals surface area contributed by atoms with Crippen LogP contribution in [-0.2, 0) is 48.0 Å². The van der Waals surface area contributed by atoms with Gasteiger partial charge in [-0.1, -0.05) is 48.5 Å². The molecule has 4 aromatic rings. The summed E-state index contributed by atoms with van der Waals surface area (Å²) in [5.74, 6) is -4.54. The Hall–Kier alpha value is -6.76. The maximum atomic E-state index is 14.2. The number of carboxylic acid groups (broad SMARTS) is 1. The molecule has 59 heavy (non-hydrogen) atoms. The number of aliphatic imine (C=N–C) groups is 1. The van der Waals surface area contributed by atoms with E-state index in [0.717, 1.165) is 16.5 Å². The van der Waals surface area contributed by atoms with Gasteiger partial charge in [0.05, 0.1) is 12.4 Å². The number of H-pyrrole nitrogens is 2. The zero-order valence-corrected chi connectivity index (χ0v) is 32.7. The van der Waals surface area contributed by atoms with Crippen LogP contribution < -0.4 is 38.5 Å². The summed E-state index contributed by atoms with van der Waals surface area (Å²) >= 11 is 0. The average Bonchev–Trinajstić information content (AvgIpc) is 4.01. The summed E-state index contributed by atoms with van der Waals surface area (Å²) in [6, 6.07) is 9.81. The number of imidazole rings is 1. The maximum Gasteiger partial charge on any atom is 0.325 e. The van der Waals surface area contributed by atoms with Gasteiger partial charge in [-0.25, -0.2) is 4.98 Å². The SMILES string of the molecule is CC(NC(=O)C(Cc1c[nH]c2ccccc12)NC(=O)C(Cc1cnc[nH]1)NC(=O)C1CCCN1C(=O)C(CCCN=C(N)N)NC(=O)C(N)Cc1ccccc1)C(=O)O. The highest BCUT2D eigenvalue weighted by Gasteiger charge is 2.39. The Bertz CT molecular complexity index is 2100. The highest BCUT2D eigenvalue weighted by atomic mass is 16.4. The summed E-state index contributed by atoms with van der Waals surface area (Å²) < 4.78 is 0. The van der Waals surface area contributed by atoms with Gasteiger partial charge in [0, 0.05) is 54.9 Å². The van der Waals surface area contributed by atoms with Gasteiger partial charge >= 0.3 is 5.97 Å². The molecule has 19 heteroatoms. The molecule has 0 spiro atoms. The van der Waals surface area contributed by atoms with Crippen molar-refractivity contribution in [1.82, 2.24) is 41.1 Å². The van der Waals surface area contributed by atoms with Gasteiger partial charge < -0.3 is 58.4 Å². The fraction of sp³-hybridized carbons (Fsp3) is 0.400. The largest absolute Gasteiger partial charge is 0.480 e. The van der Waals surface area contributed by atoms with Gasteiger partial charge in [0.25, 0.3) is 0 Å². The Morgan fingerprint density at radius 2 is 1.58 bits per heavy atom. The predicted molar refractivity (Wildman–Crippen MR) is 218 cm³/mol. The minimum atomic E-state index is -1.26. The number of benzene rings is 2. The normalized spacial score (nSPS) is 16.2. The molecule has 0 aliphatic carbocycles. The summed E-state index contributed by atoms with van der Waals surface area (Å²) in [7, 11) is 0. The molecule has 19 nitrogen and oxygen atoms in total. The van der Waals surface area contributed by atoms with Crippen molar-refractivity contribution < 1.29 is 33.9 Å². The third-order valence-corrected chi connectivity index (χ3v) is 10.1. The number of rotatable bonds is 20. The number of aromatic nitrogens is 3. The van der Waals surface area contributed by atoms with Crippen molar-refractivity contribution in [2.45, 2.75) is 88.1 Å². The number of carbonyl (C=O) groups excluding carboxylic acids is 5. The molecule has 2 aromatic heterocycles. The molecule has 2 aromatic carbocycles. The minimum Gasteiger partial charge on any atom is -0.480 e. The van der Waals surface area contributed by atoms with E-state index in [9.17, 15) is 33.9 Å². The molecule has 3 heterocycles. The van der Waals surface area contributed by atoms with Gasteiger partial charge in [0.1, 0.15) is 30.2 Å². The number of guanidine groups is 1.